The Balaban J connectivity index is 0.000000468. The molecule has 0 bridgehead atoms. The van der Waals surface area contributed by atoms with Crippen LogP contribution in [0.4, 0.5) is 0 Å². The van der Waals surface area contributed by atoms with E-state index < -0.39 is 0 Å². The lowest BCUT2D eigenvalue weighted by molar-refractivity contribution is 0.875. The van der Waals surface area contributed by atoms with Crippen LogP contribution >= 0.6 is 0 Å². The van der Waals surface area contributed by atoms with Crippen molar-refractivity contribution in [2.24, 2.45) is 0 Å². The van der Waals surface area contributed by atoms with E-state index in [4.69, 9.17) is 5.48 Å². The van der Waals surface area contributed by atoms with Gasteiger partial charge in [-0.1, -0.05) is 72.6 Å². The molecule has 0 N–H and O–H groups in total. The van der Waals surface area contributed by atoms with Crippen molar-refractivity contribution < 1.29 is 5.48 Å². The molecule has 0 amide bonds. The summed E-state index contributed by atoms with van der Waals surface area (Å²) in [6, 6.07) is 22.9. The molecule has 0 fully saturated rings. The van der Waals surface area contributed by atoms with Gasteiger partial charge in [0.2, 0.25) is 0 Å². The van der Waals surface area contributed by atoms with Crippen molar-refractivity contribution in [3.8, 4) is 0 Å². The van der Waals surface area contributed by atoms with Crippen LogP contribution in [0.2, 0.25) is 0 Å². The van der Waals surface area contributed by atoms with E-state index in [-0.39, 0.29) is 24.2 Å². The average molecular weight is 1070 g/mol. The van der Waals surface area contributed by atoms with Gasteiger partial charge in [-0.2, -0.15) is 0 Å². The van der Waals surface area contributed by atoms with Crippen LogP contribution in [0.5, 0.6) is 0 Å². The Hall–Kier alpha value is -7.79. The lowest BCUT2D eigenvalue weighted by Gasteiger charge is -1.99. The fourth-order valence-corrected chi connectivity index (χ4v) is 7.23. The number of pyridine rings is 4. The molecule has 9 aromatic rings. The zero-order valence-corrected chi connectivity index (χ0v) is 52.3. The van der Waals surface area contributed by atoms with Gasteiger partial charge < -0.3 is 0 Å². The van der Waals surface area contributed by atoms with Gasteiger partial charge in [-0.3, -0.25) is 19.9 Å². The Morgan fingerprint density at radius 3 is 1.06 bits per heavy atom. The summed E-state index contributed by atoms with van der Waals surface area (Å²) in [4.78, 5) is 45.0. The molecule has 0 unspecified atom stereocenters. The molecule has 7 aromatic heterocycles. The number of benzene rings is 2. The Bertz CT molecular complexity index is 2760. The fraction of sp³-hybridized carbons (Fsp3) is 0.368. The molecule has 0 spiro atoms. The van der Waals surface area contributed by atoms with Crippen LogP contribution in [0.15, 0.2) is 116 Å². The van der Waals surface area contributed by atoms with Gasteiger partial charge >= 0.3 is 0 Å². The molecule has 0 aliphatic rings. The predicted octanol–water partition coefficient (Wildman–Crippen LogP) is 16.2. The molecule has 420 valence electrons. The van der Waals surface area contributed by atoms with Crippen LogP contribution in [-0.2, 0) is 6.42 Å². The number of hydrogen-bond donors (Lipinski definition) is 0. The maximum Gasteiger partial charge on any atom is 0.129 e. The first-order valence-electron chi connectivity index (χ1n) is 28.6. The summed E-state index contributed by atoms with van der Waals surface area (Å²) in [6.07, 6.45) is 8.36. The van der Waals surface area contributed by atoms with E-state index in [0.717, 1.165) is 81.0 Å². The maximum atomic E-state index is 7.50. The van der Waals surface area contributed by atoms with Crippen molar-refractivity contribution >= 4 is 0 Å². The summed E-state index contributed by atoms with van der Waals surface area (Å²) >= 11 is 0. The van der Waals surface area contributed by atoms with Crippen LogP contribution in [0, 0.1) is 159 Å². The average Bonchev–Trinajstić information content (AvgIpc) is 3.50. The van der Waals surface area contributed by atoms with Crippen LogP contribution in [-0.4, -0.2) is 54.8 Å². The highest BCUT2D eigenvalue weighted by Crippen LogP contribution is 2.09. The minimum atomic E-state index is -0.0824. The summed E-state index contributed by atoms with van der Waals surface area (Å²) in [5.41, 5.74) is 22.4. The van der Waals surface area contributed by atoms with E-state index in [9.17, 15) is 0 Å². The maximum absolute atomic E-state index is 7.50. The van der Waals surface area contributed by atoms with E-state index in [2.05, 4.69) is 159 Å². The molecule has 79 heavy (non-hydrogen) atoms. The topological polar surface area (TPSA) is 142 Å². The number of nitrogens with zero attached hydrogens (tertiary/aromatic N) is 11. The predicted molar refractivity (Wildman–Crippen MR) is 332 cm³/mol. The fourth-order valence-electron chi connectivity index (χ4n) is 7.23. The minimum Gasteiger partial charge on any atom is -0.264 e. The third-order valence-corrected chi connectivity index (χ3v) is 11.7. The van der Waals surface area contributed by atoms with Gasteiger partial charge in [0.25, 0.3) is 0 Å². The minimum absolute atomic E-state index is 0.00407. The van der Waals surface area contributed by atoms with Crippen molar-refractivity contribution in [3.05, 3.63) is 252 Å². The van der Waals surface area contributed by atoms with E-state index >= 15 is 0 Å². The molecule has 0 aliphatic heterocycles. The Labute approximate surface area is 482 Å². The molecule has 0 saturated heterocycles. The molecular formula is C68H93N11. The normalized spacial score (nSPS) is 10.3. The lowest BCUT2D eigenvalue weighted by atomic mass is 10.1. The summed E-state index contributed by atoms with van der Waals surface area (Å²) in [5.74, 6) is 3.23. The SMILES string of the molecule is CCc1ccccc1.Cc1cc(C)nc(C)c1.Cc1cc(C)nc(C)c1.Cc1cc(C)nc(C)n1.Cc1ccnc(C)c1C.Cc1cncc(C)c1C.Cc1nc(C)nc(C)n1.Cc1ncnc(C)c1C.[2H]c1c([2H])c(C)c([2H])c(C)c1[2H]. The summed E-state index contributed by atoms with van der Waals surface area (Å²) in [5, 5.41) is 0. The van der Waals surface area contributed by atoms with Gasteiger partial charge in [-0.05, 0) is 252 Å². The third kappa shape index (κ3) is 31.3. The van der Waals surface area contributed by atoms with Crippen molar-refractivity contribution in [3.63, 3.8) is 0 Å². The highest BCUT2D eigenvalue weighted by molar-refractivity contribution is 5.28. The van der Waals surface area contributed by atoms with Gasteiger partial charge in [0.05, 0.1) is 5.48 Å². The highest BCUT2D eigenvalue weighted by atomic mass is 15.0. The van der Waals surface area contributed by atoms with Crippen LogP contribution in [0.25, 0.3) is 0 Å². The second-order valence-corrected chi connectivity index (χ2v) is 19.5. The standard InChI is InChI=1S/4C8H11N.2C8H10.2C7H10N2.C6H9N3/c1-6-4-9-5-7(2)8(6)3;2*1-6-4-7(2)9-8(3)5-6;1-6-4-5-9-8(3)7(6)2;1-7-4-3-5-8(2)6-7;1-2-8-6-4-3-5-7-8;1-5-6(2)8-4-9-7(5)3;1-5-4-6(2)9-7(3)8-5;1-4-7-5(2)9-6(3)8-4/h4*4-5H,1-3H3;3-6H,1-2H3;3-7H,2H2,1H3;2*4H,1-3H3;1-3H3/i;;;;3D,4D,5D,6D;;;;. The summed E-state index contributed by atoms with van der Waals surface area (Å²) in [6.45, 7) is 47.6. The quantitative estimate of drug-likeness (QED) is 0.155. The van der Waals surface area contributed by atoms with Crippen LogP contribution in [0.3, 0.4) is 0 Å². The Morgan fingerprint density at radius 1 is 0.367 bits per heavy atom. The zero-order valence-electron chi connectivity index (χ0n) is 56.3. The van der Waals surface area contributed by atoms with Gasteiger partial charge in [0.15, 0.2) is 0 Å². The highest BCUT2D eigenvalue weighted by Gasteiger charge is 1.97. The molecule has 2 aromatic carbocycles. The van der Waals surface area contributed by atoms with E-state index in [1.54, 1.807) is 20.2 Å². The smallest absolute Gasteiger partial charge is 0.129 e. The molecule has 11 heteroatoms. The zero-order chi connectivity index (χ0) is 63.3. The lowest BCUT2D eigenvalue weighted by Crippen LogP contribution is -1.97. The van der Waals surface area contributed by atoms with Gasteiger partial charge in [-0.25, -0.2) is 34.9 Å². The van der Waals surface area contributed by atoms with E-state index in [0.29, 0.717) is 11.1 Å². The molecule has 0 aliphatic carbocycles. The summed E-state index contributed by atoms with van der Waals surface area (Å²) < 4.78 is 29.7. The first-order valence-corrected chi connectivity index (χ1v) is 26.6. The van der Waals surface area contributed by atoms with Crippen molar-refractivity contribution in [2.75, 3.05) is 0 Å². The van der Waals surface area contributed by atoms with Crippen molar-refractivity contribution in [2.45, 2.75) is 173 Å². The Morgan fingerprint density at radius 2 is 0.747 bits per heavy atom. The Kier molecular flexibility index (Phi) is 29.1. The number of hydrogen-bond acceptors (Lipinski definition) is 11. The van der Waals surface area contributed by atoms with Crippen LogP contribution < -0.4 is 0 Å². The van der Waals surface area contributed by atoms with E-state index in [1.165, 1.54) is 50.1 Å². The molecule has 9 rings (SSSR count). The molecule has 0 atom stereocenters. The van der Waals surface area contributed by atoms with E-state index in [1.807, 2.05) is 134 Å². The van der Waals surface area contributed by atoms with Crippen molar-refractivity contribution in [1.29, 1.82) is 0 Å². The molecule has 11 nitrogen and oxygen atoms in total. The number of rotatable bonds is 1. The molecule has 0 radical (unpaired) electrons. The molecular weight excluding hydrogens is 971 g/mol. The molecule has 7 heterocycles. The first-order chi connectivity index (χ1) is 38.8. The summed E-state index contributed by atoms with van der Waals surface area (Å²) in [7, 11) is 0. The largest absolute Gasteiger partial charge is 0.264 e. The third-order valence-electron chi connectivity index (χ3n) is 11.7. The van der Waals surface area contributed by atoms with Crippen molar-refractivity contribution in [1.82, 2.24) is 54.8 Å². The molecule has 0 saturated carbocycles. The first kappa shape index (κ1) is 62.1. The van der Waals surface area contributed by atoms with Gasteiger partial charge in [0, 0.05) is 69.8 Å². The van der Waals surface area contributed by atoms with Gasteiger partial charge in [-0.15, -0.1) is 0 Å². The number of aryl methyl sites for hydroxylation is 19. The van der Waals surface area contributed by atoms with Crippen LogP contribution in [0.1, 0.15) is 148 Å². The second-order valence-electron chi connectivity index (χ2n) is 19.5. The van der Waals surface area contributed by atoms with Gasteiger partial charge in [0.1, 0.15) is 29.6 Å². The number of aromatic nitrogens is 11. The second kappa shape index (κ2) is 37.1. The monoisotopic (exact) mass is 1070 g/mol.